The summed E-state index contributed by atoms with van der Waals surface area (Å²) in [5.41, 5.74) is 7.07. The lowest BCUT2D eigenvalue weighted by molar-refractivity contribution is 0.404. The first kappa shape index (κ1) is 10.4. The van der Waals surface area contributed by atoms with Crippen LogP contribution in [0.4, 0.5) is 0 Å². The number of rotatable bonds is 5. The van der Waals surface area contributed by atoms with Gasteiger partial charge in [-0.05, 0) is 43.7 Å². The highest BCUT2D eigenvalue weighted by Crippen LogP contribution is 2.33. The second-order valence-corrected chi connectivity index (χ2v) is 4.19. The molecule has 15 heavy (non-hydrogen) atoms. The quantitative estimate of drug-likeness (QED) is 0.798. The van der Waals surface area contributed by atoms with Crippen LogP contribution < -0.4 is 10.5 Å². The van der Waals surface area contributed by atoms with Crippen molar-refractivity contribution in [2.24, 2.45) is 11.7 Å². The number of aryl methyl sites for hydroxylation is 1. The van der Waals surface area contributed by atoms with E-state index in [1.54, 1.807) is 13.3 Å². The number of hydrogen-bond acceptors (Lipinski definition) is 3. The Hall–Kier alpha value is -1.09. The van der Waals surface area contributed by atoms with Crippen LogP contribution in [0, 0.1) is 5.92 Å². The molecule has 1 aromatic heterocycles. The van der Waals surface area contributed by atoms with Crippen molar-refractivity contribution in [3.05, 3.63) is 24.0 Å². The van der Waals surface area contributed by atoms with E-state index in [-0.39, 0.29) is 0 Å². The molecular weight excluding hydrogens is 188 g/mol. The van der Waals surface area contributed by atoms with Gasteiger partial charge < -0.3 is 10.5 Å². The molecule has 0 amide bonds. The van der Waals surface area contributed by atoms with Crippen LogP contribution in [0.25, 0.3) is 0 Å². The highest BCUT2D eigenvalue weighted by atomic mass is 16.5. The predicted octanol–water partition coefficient (Wildman–Crippen LogP) is 1.76. The van der Waals surface area contributed by atoms with Crippen LogP contribution in [-0.2, 0) is 6.42 Å². The molecule has 1 heterocycles. The van der Waals surface area contributed by atoms with Crippen molar-refractivity contribution in [1.82, 2.24) is 4.98 Å². The van der Waals surface area contributed by atoms with Gasteiger partial charge in [0.15, 0.2) is 0 Å². The molecule has 82 valence electrons. The van der Waals surface area contributed by atoms with Gasteiger partial charge in [0.05, 0.1) is 12.8 Å². The van der Waals surface area contributed by atoms with Crippen molar-refractivity contribution in [2.75, 3.05) is 7.11 Å². The van der Waals surface area contributed by atoms with Crippen LogP contribution in [-0.4, -0.2) is 18.1 Å². The van der Waals surface area contributed by atoms with E-state index in [1.165, 1.54) is 12.8 Å². The zero-order valence-corrected chi connectivity index (χ0v) is 9.15. The minimum absolute atomic E-state index is 0.344. The Morgan fingerprint density at radius 1 is 1.60 bits per heavy atom. The number of hydrogen-bond donors (Lipinski definition) is 1. The Labute approximate surface area is 90.7 Å². The topological polar surface area (TPSA) is 48.1 Å². The summed E-state index contributed by atoms with van der Waals surface area (Å²) in [6, 6.07) is 4.19. The molecule has 1 atom stereocenters. The summed E-state index contributed by atoms with van der Waals surface area (Å²) in [4.78, 5) is 4.32. The van der Waals surface area contributed by atoms with Crippen LogP contribution >= 0.6 is 0 Å². The second kappa shape index (κ2) is 4.62. The summed E-state index contributed by atoms with van der Waals surface area (Å²) in [6.07, 6.45) is 6.35. The molecule has 1 fully saturated rings. The maximum Gasteiger partial charge on any atom is 0.140 e. The first-order valence-electron chi connectivity index (χ1n) is 5.54. The molecule has 0 radical (unpaired) electrons. The third kappa shape index (κ3) is 2.69. The van der Waals surface area contributed by atoms with Gasteiger partial charge in [0.25, 0.3) is 0 Å². The van der Waals surface area contributed by atoms with E-state index in [9.17, 15) is 0 Å². The molecule has 2 N–H and O–H groups in total. The van der Waals surface area contributed by atoms with E-state index >= 15 is 0 Å². The van der Waals surface area contributed by atoms with E-state index in [0.717, 1.165) is 30.2 Å². The third-order valence-corrected chi connectivity index (χ3v) is 3.01. The molecule has 0 bridgehead atoms. The summed E-state index contributed by atoms with van der Waals surface area (Å²) in [6.45, 7) is 0. The minimum atomic E-state index is 0.344. The first-order chi connectivity index (χ1) is 7.31. The van der Waals surface area contributed by atoms with Gasteiger partial charge >= 0.3 is 0 Å². The van der Waals surface area contributed by atoms with Crippen molar-refractivity contribution in [1.29, 1.82) is 0 Å². The number of pyridine rings is 1. The molecule has 3 heteroatoms. The third-order valence-electron chi connectivity index (χ3n) is 3.01. The van der Waals surface area contributed by atoms with E-state index in [4.69, 9.17) is 10.5 Å². The highest BCUT2D eigenvalue weighted by molar-refractivity contribution is 5.26. The van der Waals surface area contributed by atoms with Gasteiger partial charge in [-0.25, -0.2) is 0 Å². The van der Waals surface area contributed by atoms with Gasteiger partial charge in [-0.3, -0.25) is 4.98 Å². The van der Waals surface area contributed by atoms with E-state index < -0.39 is 0 Å². The largest absolute Gasteiger partial charge is 0.495 e. The van der Waals surface area contributed by atoms with Crippen molar-refractivity contribution in [3.8, 4) is 5.75 Å². The van der Waals surface area contributed by atoms with Gasteiger partial charge in [-0.15, -0.1) is 0 Å². The Balaban J connectivity index is 1.91. The first-order valence-corrected chi connectivity index (χ1v) is 5.54. The van der Waals surface area contributed by atoms with Crippen LogP contribution in [0.1, 0.15) is 25.0 Å². The average molecular weight is 206 g/mol. The van der Waals surface area contributed by atoms with E-state index in [1.807, 2.05) is 12.1 Å². The van der Waals surface area contributed by atoms with E-state index in [2.05, 4.69) is 4.98 Å². The molecule has 3 nitrogen and oxygen atoms in total. The lowest BCUT2D eigenvalue weighted by Gasteiger charge is -2.11. The number of nitrogens with zero attached hydrogens (tertiary/aromatic N) is 1. The van der Waals surface area contributed by atoms with Gasteiger partial charge in [-0.2, -0.15) is 0 Å². The molecule has 0 aliphatic heterocycles. The SMILES string of the molecule is COc1cccnc1CCC(N)C1CC1. The van der Waals surface area contributed by atoms with E-state index in [0.29, 0.717) is 6.04 Å². The Kier molecular flexibility index (Phi) is 3.21. The monoisotopic (exact) mass is 206 g/mol. The van der Waals surface area contributed by atoms with Gasteiger partial charge in [0.1, 0.15) is 5.75 Å². The maximum atomic E-state index is 6.05. The standard InChI is InChI=1S/C12H18N2O/c1-15-12-3-2-8-14-11(12)7-6-10(13)9-4-5-9/h2-3,8-10H,4-7,13H2,1H3. The molecule has 1 aromatic rings. The summed E-state index contributed by atoms with van der Waals surface area (Å²) in [5, 5.41) is 0. The number of aromatic nitrogens is 1. The molecule has 0 spiro atoms. The summed E-state index contributed by atoms with van der Waals surface area (Å²) in [5.74, 6) is 1.64. The Morgan fingerprint density at radius 3 is 3.07 bits per heavy atom. The second-order valence-electron chi connectivity index (χ2n) is 4.19. The lowest BCUT2D eigenvalue weighted by atomic mass is 10.1. The van der Waals surface area contributed by atoms with Gasteiger partial charge in [0, 0.05) is 12.2 Å². The molecule has 1 unspecified atom stereocenters. The van der Waals surface area contributed by atoms with Crippen molar-refractivity contribution < 1.29 is 4.74 Å². The fraction of sp³-hybridized carbons (Fsp3) is 0.583. The van der Waals surface area contributed by atoms with Crippen LogP contribution in [0.5, 0.6) is 5.75 Å². The van der Waals surface area contributed by atoms with Crippen molar-refractivity contribution in [2.45, 2.75) is 31.7 Å². The van der Waals surface area contributed by atoms with Gasteiger partial charge in [-0.1, -0.05) is 0 Å². The van der Waals surface area contributed by atoms with Crippen molar-refractivity contribution in [3.63, 3.8) is 0 Å². The molecule has 1 aliphatic rings. The molecule has 1 saturated carbocycles. The zero-order chi connectivity index (χ0) is 10.7. The average Bonchev–Trinajstić information content (AvgIpc) is 3.10. The number of nitrogens with two attached hydrogens (primary N) is 1. The summed E-state index contributed by atoms with van der Waals surface area (Å²) in [7, 11) is 1.68. The number of ether oxygens (including phenoxy) is 1. The van der Waals surface area contributed by atoms with Crippen LogP contribution in [0.2, 0.25) is 0 Å². The molecule has 2 rings (SSSR count). The predicted molar refractivity (Wildman–Crippen MR) is 59.8 cm³/mol. The minimum Gasteiger partial charge on any atom is -0.495 e. The normalized spacial score (nSPS) is 17.5. The number of methoxy groups -OCH3 is 1. The molecule has 1 aliphatic carbocycles. The fourth-order valence-corrected chi connectivity index (χ4v) is 1.86. The van der Waals surface area contributed by atoms with Crippen molar-refractivity contribution >= 4 is 0 Å². The zero-order valence-electron chi connectivity index (χ0n) is 9.15. The Bertz CT molecular complexity index is 323. The summed E-state index contributed by atoms with van der Waals surface area (Å²) < 4.78 is 5.25. The maximum absolute atomic E-state index is 6.05. The smallest absolute Gasteiger partial charge is 0.140 e. The lowest BCUT2D eigenvalue weighted by Crippen LogP contribution is -2.23. The van der Waals surface area contributed by atoms with Crippen LogP contribution in [0.3, 0.4) is 0 Å². The fourth-order valence-electron chi connectivity index (χ4n) is 1.86. The molecule has 0 aromatic carbocycles. The molecular formula is C12H18N2O. The Morgan fingerprint density at radius 2 is 2.40 bits per heavy atom. The summed E-state index contributed by atoms with van der Waals surface area (Å²) >= 11 is 0. The molecule has 0 saturated heterocycles. The van der Waals surface area contributed by atoms with Gasteiger partial charge in [0.2, 0.25) is 0 Å². The highest BCUT2D eigenvalue weighted by Gasteiger charge is 2.28. The van der Waals surface area contributed by atoms with Crippen LogP contribution in [0.15, 0.2) is 18.3 Å².